The third-order valence-electron chi connectivity index (χ3n) is 4.15. The number of rotatable bonds is 3. The van der Waals surface area contributed by atoms with Crippen molar-refractivity contribution in [3.8, 4) is 0 Å². The molecule has 7 heteroatoms. The lowest BCUT2D eigenvalue weighted by Gasteiger charge is -2.38. The van der Waals surface area contributed by atoms with Gasteiger partial charge in [-0.3, -0.25) is 14.9 Å². The van der Waals surface area contributed by atoms with Gasteiger partial charge in [-0.15, -0.1) is 12.4 Å². The van der Waals surface area contributed by atoms with Crippen LogP contribution in [-0.2, 0) is 0 Å². The summed E-state index contributed by atoms with van der Waals surface area (Å²) in [6.45, 7) is 4.18. The Morgan fingerprint density at radius 2 is 2.14 bits per heavy atom. The number of nitrogens with zero attached hydrogens (tertiary/aromatic N) is 2. The number of hydrogen-bond acceptors (Lipinski definition) is 4. The Hall–Kier alpha value is -1.66. The number of amides is 1. The van der Waals surface area contributed by atoms with Crippen molar-refractivity contribution in [2.24, 2.45) is 5.73 Å². The predicted molar refractivity (Wildman–Crippen MR) is 87.4 cm³/mol. The van der Waals surface area contributed by atoms with Crippen molar-refractivity contribution in [1.82, 2.24) is 4.90 Å². The number of hydrogen-bond donors (Lipinski definition) is 1. The van der Waals surface area contributed by atoms with Gasteiger partial charge in [-0.1, -0.05) is 6.07 Å². The fraction of sp³-hybridized carbons (Fsp3) is 0.533. The summed E-state index contributed by atoms with van der Waals surface area (Å²) in [4.78, 5) is 25.1. The highest BCUT2D eigenvalue weighted by Crippen LogP contribution is 2.26. The Kier molecular flexibility index (Phi) is 6.32. The first kappa shape index (κ1) is 18.4. The van der Waals surface area contributed by atoms with Gasteiger partial charge in [-0.25, -0.2) is 0 Å². The molecule has 0 bridgehead atoms. The van der Waals surface area contributed by atoms with Gasteiger partial charge in [0.15, 0.2) is 0 Å². The van der Waals surface area contributed by atoms with E-state index in [4.69, 9.17) is 5.73 Å². The van der Waals surface area contributed by atoms with Crippen LogP contribution in [0.1, 0.15) is 42.1 Å². The summed E-state index contributed by atoms with van der Waals surface area (Å²) in [6, 6.07) is 4.53. The van der Waals surface area contributed by atoms with Crippen molar-refractivity contribution >= 4 is 24.0 Å². The fourth-order valence-corrected chi connectivity index (χ4v) is 2.96. The zero-order valence-electron chi connectivity index (χ0n) is 12.8. The van der Waals surface area contributed by atoms with E-state index < -0.39 is 4.92 Å². The molecule has 0 radical (unpaired) electrons. The molecule has 1 amide bonds. The van der Waals surface area contributed by atoms with E-state index >= 15 is 0 Å². The molecule has 2 N–H and O–H groups in total. The van der Waals surface area contributed by atoms with E-state index in [-0.39, 0.29) is 36.1 Å². The normalized spacial score (nSPS) is 19.2. The Morgan fingerprint density at radius 1 is 1.45 bits per heavy atom. The van der Waals surface area contributed by atoms with Gasteiger partial charge in [0.1, 0.15) is 0 Å². The summed E-state index contributed by atoms with van der Waals surface area (Å²) in [6.07, 6.45) is 2.89. The van der Waals surface area contributed by atoms with Gasteiger partial charge in [0, 0.05) is 35.8 Å². The van der Waals surface area contributed by atoms with Gasteiger partial charge in [0.05, 0.1) is 4.92 Å². The van der Waals surface area contributed by atoms with E-state index in [0.29, 0.717) is 17.7 Å². The largest absolute Gasteiger partial charge is 0.334 e. The molecule has 1 aliphatic rings. The Balaban J connectivity index is 0.00000242. The van der Waals surface area contributed by atoms with Gasteiger partial charge < -0.3 is 10.6 Å². The first-order valence-corrected chi connectivity index (χ1v) is 7.24. The van der Waals surface area contributed by atoms with E-state index in [1.807, 2.05) is 6.92 Å². The first-order chi connectivity index (χ1) is 9.93. The molecule has 0 spiro atoms. The van der Waals surface area contributed by atoms with Crippen LogP contribution in [0.15, 0.2) is 18.2 Å². The highest BCUT2D eigenvalue weighted by Gasteiger charge is 2.31. The zero-order valence-corrected chi connectivity index (χ0v) is 13.6. The lowest BCUT2D eigenvalue weighted by Crippen LogP contribution is -2.51. The monoisotopic (exact) mass is 327 g/mol. The van der Waals surface area contributed by atoms with E-state index in [0.717, 1.165) is 19.3 Å². The Morgan fingerprint density at radius 3 is 2.73 bits per heavy atom. The molecule has 1 heterocycles. The molecule has 1 aromatic rings. The van der Waals surface area contributed by atoms with E-state index in [1.54, 1.807) is 24.0 Å². The van der Waals surface area contributed by atoms with Gasteiger partial charge in [0.2, 0.25) is 0 Å². The summed E-state index contributed by atoms with van der Waals surface area (Å²) in [5, 5.41) is 11.0. The van der Waals surface area contributed by atoms with Crippen LogP contribution in [0, 0.1) is 17.0 Å². The quantitative estimate of drug-likeness (QED) is 0.682. The van der Waals surface area contributed by atoms with Crippen molar-refractivity contribution in [2.75, 3.05) is 6.54 Å². The van der Waals surface area contributed by atoms with Crippen LogP contribution in [0.25, 0.3) is 0 Å². The predicted octanol–water partition coefficient (Wildman–Crippen LogP) is 2.67. The minimum atomic E-state index is -0.453. The lowest BCUT2D eigenvalue weighted by atomic mass is 9.95. The van der Waals surface area contributed by atoms with Crippen LogP contribution in [-0.4, -0.2) is 34.4 Å². The molecule has 22 heavy (non-hydrogen) atoms. The molecule has 1 aromatic carbocycles. The minimum absolute atomic E-state index is 0. The maximum absolute atomic E-state index is 12.8. The number of likely N-dealkylation sites (tertiary alicyclic amines) is 1. The molecule has 2 unspecified atom stereocenters. The van der Waals surface area contributed by atoms with Crippen LogP contribution in [0.2, 0.25) is 0 Å². The third kappa shape index (κ3) is 3.56. The molecule has 0 saturated carbocycles. The molecular weight excluding hydrogens is 306 g/mol. The topological polar surface area (TPSA) is 89.5 Å². The summed E-state index contributed by atoms with van der Waals surface area (Å²) >= 11 is 0. The smallest absolute Gasteiger partial charge is 0.273 e. The van der Waals surface area contributed by atoms with Crippen LogP contribution in [0.3, 0.4) is 0 Å². The number of nitrogens with two attached hydrogens (primary N) is 1. The number of nitro groups is 1. The second-order valence-electron chi connectivity index (χ2n) is 5.63. The van der Waals surface area contributed by atoms with Crippen molar-refractivity contribution in [3.05, 3.63) is 39.4 Å². The van der Waals surface area contributed by atoms with Crippen LogP contribution < -0.4 is 5.73 Å². The van der Waals surface area contributed by atoms with Crippen LogP contribution in [0.5, 0.6) is 0 Å². The Labute approximate surface area is 136 Å². The SMILES string of the molecule is Cc1c(C(=O)N2CCCCC2C(C)N)cccc1[N+](=O)[O-].Cl. The highest BCUT2D eigenvalue weighted by molar-refractivity contribution is 5.97. The molecule has 2 atom stereocenters. The standard InChI is InChI=1S/C15H21N3O3.ClH/c1-10-12(6-5-8-13(10)18(20)21)15(19)17-9-4-3-7-14(17)11(2)16;/h5-6,8,11,14H,3-4,7,9,16H2,1-2H3;1H. The van der Waals surface area contributed by atoms with Crippen molar-refractivity contribution in [3.63, 3.8) is 0 Å². The highest BCUT2D eigenvalue weighted by atomic mass is 35.5. The molecule has 122 valence electrons. The number of piperidine rings is 1. The third-order valence-corrected chi connectivity index (χ3v) is 4.15. The first-order valence-electron chi connectivity index (χ1n) is 7.24. The summed E-state index contributed by atoms with van der Waals surface area (Å²) < 4.78 is 0. The molecule has 1 aliphatic heterocycles. The number of halogens is 1. The van der Waals surface area contributed by atoms with Crippen molar-refractivity contribution < 1.29 is 9.72 Å². The zero-order chi connectivity index (χ0) is 15.6. The van der Waals surface area contributed by atoms with Crippen molar-refractivity contribution in [2.45, 2.75) is 45.2 Å². The maximum Gasteiger partial charge on any atom is 0.273 e. The van der Waals surface area contributed by atoms with Gasteiger partial charge >= 0.3 is 0 Å². The molecule has 1 saturated heterocycles. The molecule has 2 rings (SSSR count). The number of carbonyl (C=O) groups is 1. The summed E-state index contributed by atoms with van der Waals surface area (Å²) in [5.74, 6) is -0.154. The average Bonchev–Trinajstić information content (AvgIpc) is 2.46. The van der Waals surface area contributed by atoms with Gasteiger partial charge in [-0.05, 0) is 39.2 Å². The van der Waals surface area contributed by atoms with Crippen LogP contribution in [0.4, 0.5) is 5.69 Å². The second-order valence-corrected chi connectivity index (χ2v) is 5.63. The second kappa shape index (κ2) is 7.56. The van der Waals surface area contributed by atoms with Crippen LogP contribution >= 0.6 is 12.4 Å². The summed E-state index contributed by atoms with van der Waals surface area (Å²) in [7, 11) is 0. The average molecular weight is 328 g/mol. The Bertz CT molecular complexity index is 563. The molecule has 6 nitrogen and oxygen atoms in total. The number of carbonyl (C=O) groups excluding carboxylic acids is 1. The van der Waals surface area contributed by atoms with Crippen molar-refractivity contribution in [1.29, 1.82) is 0 Å². The minimum Gasteiger partial charge on any atom is -0.334 e. The van der Waals surface area contributed by atoms with E-state index in [9.17, 15) is 14.9 Å². The molecular formula is C15H22ClN3O3. The van der Waals surface area contributed by atoms with Gasteiger partial charge in [-0.2, -0.15) is 0 Å². The van der Waals surface area contributed by atoms with Gasteiger partial charge in [0.25, 0.3) is 11.6 Å². The maximum atomic E-state index is 12.8. The molecule has 0 aliphatic carbocycles. The number of nitro benzene ring substituents is 1. The summed E-state index contributed by atoms with van der Waals surface area (Å²) in [5.41, 5.74) is 6.79. The van der Waals surface area contributed by atoms with E-state index in [2.05, 4.69) is 0 Å². The lowest BCUT2D eigenvalue weighted by molar-refractivity contribution is -0.385. The fourth-order valence-electron chi connectivity index (χ4n) is 2.96. The number of benzene rings is 1. The van der Waals surface area contributed by atoms with E-state index in [1.165, 1.54) is 6.07 Å². The molecule has 0 aromatic heterocycles. The molecule has 1 fully saturated rings.